The van der Waals surface area contributed by atoms with Crippen LogP contribution in [0.15, 0.2) is 33.7 Å². The number of hydrogen-bond acceptors (Lipinski definition) is 2. The van der Waals surface area contributed by atoms with E-state index in [9.17, 15) is 4.79 Å². The van der Waals surface area contributed by atoms with Gasteiger partial charge in [-0.05, 0) is 34.5 Å². The van der Waals surface area contributed by atoms with Crippen LogP contribution < -0.4 is 5.56 Å². The van der Waals surface area contributed by atoms with Crippen LogP contribution in [0.25, 0.3) is 5.65 Å². The van der Waals surface area contributed by atoms with E-state index in [1.54, 1.807) is 16.7 Å². The SMILES string of the molecule is CCCc1cc(=O)n2cc(Br)ccc2n1. The molecular weight excluding hydrogens is 256 g/mol. The molecule has 0 radical (unpaired) electrons. The molecule has 0 atom stereocenters. The quantitative estimate of drug-likeness (QED) is 0.837. The van der Waals surface area contributed by atoms with Crippen molar-refractivity contribution in [1.29, 1.82) is 0 Å². The van der Waals surface area contributed by atoms with E-state index in [-0.39, 0.29) is 5.56 Å². The molecule has 0 amide bonds. The molecule has 2 rings (SSSR count). The van der Waals surface area contributed by atoms with Crippen LogP contribution in [0.3, 0.4) is 0 Å². The Labute approximate surface area is 95.9 Å². The predicted molar refractivity (Wildman–Crippen MR) is 63.2 cm³/mol. The zero-order valence-electron chi connectivity index (χ0n) is 8.40. The van der Waals surface area contributed by atoms with Gasteiger partial charge in [0.15, 0.2) is 0 Å². The number of halogens is 1. The van der Waals surface area contributed by atoms with Gasteiger partial charge in [-0.25, -0.2) is 4.98 Å². The number of pyridine rings is 1. The summed E-state index contributed by atoms with van der Waals surface area (Å²) in [7, 11) is 0. The summed E-state index contributed by atoms with van der Waals surface area (Å²) in [6.07, 6.45) is 3.58. The van der Waals surface area contributed by atoms with Crippen molar-refractivity contribution in [2.75, 3.05) is 0 Å². The highest BCUT2D eigenvalue weighted by atomic mass is 79.9. The molecule has 0 bridgehead atoms. The van der Waals surface area contributed by atoms with Crippen molar-refractivity contribution in [2.24, 2.45) is 0 Å². The van der Waals surface area contributed by atoms with Crippen molar-refractivity contribution in [1.82, 2.24) is 9.38 Å². The summed E-state index contributed by atoms with van der Waals surface area (Å²) in [6, 6.07) is 5.32. The summed E-state index contributed by atoms with van der Waals surface area (Å²) < 4.78 is 2.42. The average molecular weight is 267 g/mol. The molecule has 3 nitrogen and oxygen atoms in total. The smallest absolute Gasteiger partial charge is 0.258 e. The molecule has 0 unspecified atom stereocenters. The summed E-state index contributed by atoms with van der Waals surface area (Å²) in [5.74, 6) is 0. The van der Waals surface area contributed by atoms with Crippen molar-refractivity contribution in [2.45, 2.75) is 19.8 Å². The van der Waals surface area contributed by atoms with Crippen molar-refractivity contribution >= 4 is 21.6 Å². The van der Waals surface area contributed by atoms with Gasteiger partial charge in [-0.15, -0.1) is 0 Å². The summed E-state index contributed by atoms with van der Waals surface area (Å²) in [5, 5.41) is 0. The van der Waals surface area contributed by atoms with E-state index in [0.717, 1.165) is 23.0 Å². The first-order valence-corrected chi connectivity index (χ1v) is 5.68. The van der Waals surface area contributed by atoms with E-state index in [1.165, 1.54) is 0 Å². The Kier molecular flexibility index (Phi) is 2.86. The van der Waals surface area contributed by atoms with E-state index in [4.69, 9.17) is 0 Å². The number of aromatic nitrogens is 2. The summed E-state index contributed by atoms with van der Waals surface area (Å²) in [4.78, 5) is 16.1. The van der Waals surface area contributed by atoms with Gasteiger partial charge >= 0.3 is 0 Å². The Hall–Kier alpha value is -1.16. The zero-order chi connectivity index (χ0) is 10.8. The minimum absolute atomic E-state index is 0.0234. The number of nitrogens with zero attached hydrogens (tertiary/aromatic N) is 2. The normalized spacial score (nSPS) is 10.8. The lowest BCUT2D eigenvalue weighted by Crippen LogP contribution is -2.15. The molecule has 0 fully saturated rings. The highest BCUT2D eigenvalue weighted by Gasteiger charge is 2.01. The van der Waals surface area contributed by atoms with Gasteiger partial charge < -0.3 is 0 Å². The van der Waals surface area contributed by atoms with Gasteiger partial charge in [0.25, 0.3) is 5.56 Å². The fourth-order valence-electron chi connectivity index (χ4n) is 1.51. The molecule has 15 heavy (non-hydrogen) atoms. The molecule has 2 heterocycles. The van der Waals surface area contributed by atoms with E-state index in [1.807, 2.05) is 12.1 Å². The van der Waals surface area contributed by atoms with Gasteiger partial charge in [-0.2, -0.15) is 0 Å². The Morgan fingerprint density at radius 1 is 1.47 bits per heavy atom. The molecule has 4 heteroatoms. The first kappa shape index (κ1) is 10.4. The molecule has 0 N–H and O–H groups in total. The number of hydrogen-bond donors (Lipinski definition) is 0. The highest BCUT2D eigenvalue weighted by molar-refractivity contribution is 9.10. The van der Waals surface area contributed by atoms with Crippen LogP contribution >= 0.6 is 15.9 Å². The van der Waals surface area contributed by atoms with Gasteiger partial charge in [0.05, 0.1) is 0 Å². The molecule has 2 aromatic heterocycles. The van der Waals surface area contributed by atoms with Gasteiger partial charge in [0.1, 0.15) is 5.65 Å². The van der Waals surface area contributed by atoms with E-state index in [0.29, 0.717) is 5.65 Å². The van der Waals surface area contributed by atoms with Crippen LogP contribution in [-0.2, 0) is 6.42 Å². The van der Waals surface area contributed by atoms with E-state index >= 15 is 0 Å². The maximum absolute atomic E-state index is 11.7. The fourth-order valence-corrected chi connectivity index (χ4v) is 1.85. The monoisotopic (exact) mass is 266 g/mol. The molecule has 0 aliphatic heterocycles. The van der Waals surface area contributed by atoms with Crippen molar-refractivity contribution in [3.63, 3.8) is 0 Å². The summed E-state index contributed by atoms with van der Waals surface area (Å²) >= 11 is 3.33. The number of fused-ring (bicyclic) bond motifs is 1. The Morgan fingerprint density at radius 3 is 3.00 bits per heavy atom. The van der Waals surface area contributed by atoms with Crippen LogP contribution in [-0.4, -0.2) is 9.38 Å². The van der Waals surface area contributed by atoms with Crippen molar-refractivity contribution in [3.05, 3.63) is 44.9 Å². The van der Waals surface area contributed by atoms with Gasteiger partial charge in [-0.3, -0.25) is 9.20 Å². The second-order valence-electron chi connectivity index (χ2n) is 3.41. The maximum atomic E-state index is 11.7. The number of aryl methyl sites for hydroxylation is 1. The first-order chi connectivity index (χ1) is 7.20. The van der Waals surface area contributed by atoms with Crippen LogP contribution in [0.1, 0.15) is 19.0 Å². The Bertz CT molecular complexity index is 548. The van der Waals surface area contributed by atoms with E-state index in [2.05, 4.69) is 27.8 Å². The van der Waals surface area contributed by atoms with Crippen LogP contribution in [0.4, 0.5) is 0 Å². The van der Waals surface area contributed by atoms with E-state index < -0.39 is 0 Å². The third-order valence-electron chi connectivity index (χ3n) is 2.18. The molecule has 0 saturated heterocycles. The average Bonchev–Trinajstić information content (AvgIpc) is 2.20. The highest BCUT2D eigenvalue weighted by Crippen LogP contribution is 2.09. The number of rotatable bonds is 2. The first-order valence-electron chi connectivity index (χ1n) is 4.88. The lowest BCUT2D eigenvalue weighted by atomic mass is 10.2. The molecule has 78 valence electrons. The molecule has 0 spiro atoms. The maximum Gasteiger partial charge on any atom is 0.258 e. The molecule has 0 aromatic carbocycles. The second-order valence-corrected chi connectivity index (χ2v) is 4.33. The van der Waals surface area contributed by atoms with Gasteiger partial charge in [-0.1, -0.05) is 13.3 Å². The Balaban J connectivity index is 2.67. The summed E-state index contributed by atoms with van der Waals surface area (Å²) in [5.41, 5.74) is 1.55. The van der Waals surface area contributed by atoms with Crippen molar-refractivity contribution in [3.8, 4) is 0 Å². The van der Waals surface area contributed by atoms with Crippen LogP contribution in [0, 0.1) is 0 Å². The zero-order valence-corrected chi connectivity index (χ0v) is 9.99. The van der Waals surface area contributed by atoms with Gasteiger partial charge in [0.2, 0.25) is 0 Å². The minimum Gasteiger partial charge on any atom is -0.269 e. The largest absolute Gasteiger partial charge is 0.269 e. The molecule has 0 aliphatic rings. The third kappa shape index (κ3) is 2.09. The van der Waals surface area contributed by atoms with Gasteiger partial charge in [0, 0.05) is 22.4 Å². The van der Waals surface area contributed by atoms with Crippen molar-refractivity contribution < 1.29 is 0 Å². The van der Waals surface area contributed by atoms with Crippen LogP contribution in [0.5, 0.6) is 0 Å². The molecule has 2 aromatic rings. The lowest BCUT2D eigenvalue weighted by molar-refractivity contribution is 0.867. The second kappa shape index (κ2) is 4.14. The minimum atomic E-state index is -0.0234. The topological polar surface area (TPSA) is 34.4 Å². The lowest BCUT2D eigenvalue weighted by Gasteiger charge is -2.03. The third-order valence-corrected chi connectivity index (χ3v) is 2.65. The summed E-state index contributed by atoms with van der Waals surface area (Å²) in [6.45, 7) is 2.07. The predicted octanol–water partition coefficient (Wildman–Crippen LogP) is 2.41. The molecule has 0 saturated carbocycles. The Morgan fingerprint density at radius 2 is 2.27 bits per heavy atom. The standard InChI is InChI=1S/C11H11BrN2O/c1-2-3-9-6-11(15)14-7-8(12)4-5-10(14)13-9/h4-7H,2-3H2,1H3. The molecular formula is C11H11BrN2O. The van der Waals surface area contributed by atoms with Crippen LogP contribution in [0.2, 0.25) is 0 Å². The molecule has 0 aliphatic carbocycles. The fraction of sp³-hybridized carbons (Fsp3) is 0.273.